The SMILES string of the molecule is O=C(Nc1cc(C(F)(F)F)ccn1)C1CCCN1. The highest BCUT2D eigenvalue weighted by atomic mass is 19.4. The van der Waals surface area contributed by atoms with Gasteiger partial charge in [0.05, 0.1) is 11.6 Å². The fourth-order valence-electron chi connectivity index (χ4n) is 1.80. The zero-order valence-electron chi connectivity index (χ0n) is 9.42. The van der Waals surface area contributed by atoms with Gasteiger partial charge < -0.3 is 10.6 Å². The van der Waals surface area contributed by atoms with Gasteiger partial charge in [0.2, 0.25) is 5.91 Å². The predicted molar refractivity (Wildman–Crippen MR) is 58.9 cm³/mol. The second-order valence-corrected chi connectivity index (χ2v) is 4.07. The summed E-state index contributed by atoms with van der Waals surface area (Å²) < 4.78 is 37.4. The first-order valence-electron chi connectivity index (χ1n) is 5.54. The molecular formula is C11H12F3N3O. The van der Waals surface area contributed by atoms with Crippen LogP contribution in [0.5, 0.6) is 0 Å². The van der Waals surface area contributed by atoms with E-state index in [-0.39, 0.29) is 17.8 Å². The molecule has 2 N–H and O–H groups in total. The molecule has 0 radical (unpaired) electrons. The van der Waals surface area contributed by atoms with Crippen LogP contribution in [0.1, 0.15) is 18.4 Å². The van der Waals surface area contributed by atoms with Gasteiger partial charge in [-0.05, 0) is 31.5 Å². The Morgan fingerprint density at radius 3 is 2.89 bits per heavy atom. The van der Waals surface area contributed by atoms with E-state index in [0.29, 0.717) is 6.42 Å². The summed E-state index contributed by atoms with van der Waals surface area (Å²) in [5.74, 6) is -0.428. The van der Waals surface area contributed by atoms with E-state index in [9.17, 15) is 18.0 Å². The van der Waals surface area contributed by atoms with E-state index in [4.69, 9.17) is 0 Å². The highest BCUT2D eigenvalue weighted by molar-refractivity contribution is 5.94. The number of pyridine rings is 1. The molecule has 98 valence electrons. The van der Waals surface area contributed by atoms with Crippen molar-refractivity contribution < 1.29 is 18.0 Å². The van der Waals surface area contributed by atoms with Crippen LogP contribution in [0.25, 0.3) is 0 Å². The van der Waals surface area contributed by atoms with Gasteiger partial charge in [-0.15, -0.1) is 0 Å². The topological polar surface area (TPSA) is 54.0 Å². The molecular weight excluding hydrogens is 247 g/mol. The van der Waals surface area contributed by atoms with Crippen LogP contribution in [0, 0.1) is 0 Å². The summed E-state index contributed by atoms with van der Waals surface area (Å²) in [5, 5.41) is 5.34. The predicted octanol–water partition coefficient (Wildman–Crippen LogP) is 1.79. The van der Waals surface area contributed by atoms with Crippen molar-refractivity contribution in [3.63, 3.8) is 0 Å². The molecule has 1 aromatic rings. The maximum atomic E-state index is 12.5. The molecule has 1 amide bonds. The Labute approximate surface area is 102 Å². The average Bonchev–Trinajstić information content (AvgIpc) is 2.81. The van der Waals surface area contributed by atoms with Gasteiger partial charge in [0.15, 0.2) is 0 Å². The number of anilines is 1. The maximum absolute atomic E-state index is 12.5. The molecule has 1 aliphatic heterocycles. The van der Waals surface area contributed by atoms with Crippen molar-refractivity contribution in [2.45, 2.75) is 25.1 Å². The van der Waals surface area contributed by atoms with Crippen LogP contribution in [-0.4, -0.2) is 23.5 Å². The zero-order valence-corrected chi connectivity index (χ0v) is 9.42. The third-order valence-corrected chi connectivity index (χ3v) is 2.72. The third-order valence-electron chi connectivity index (χ3n) is 2.72. The molecule has 1 atom stereocenters. The molecule has 0 spiro atoms. The number of nitrogens with one attached hydrogen (secondary N) is 2. The van der Waals surface area contributed by atoms with Crippen LogP contribution in [0.15, 0.2) is 18.3 Å². The van der Waals surface area contributed by atoms with Crippen LogP contribution >= 0.6 is 0 Å². The summed E-state index contributed by atoms with van der Waals surface area (Å²) in [6.07, 6.45) is -1.84. The summed E-state index contributed by atoms with van der Waals surface area (Å²) in [4.78, 5) is 15.4. The smallest absolute Gasteiger partial charge is 0.309 e. The third kappa shape index (κ3) is 2.98. The molecule has 1 fully saturated rings. The Kier molecular flexibility index (Phi) is 3.51. The fourth-order valence-corrected chi connectivity index (χ4v) is 1.80. The van der Waals surface area contributed by atoms with Crippen molar-refractivity contribution in [2.75, 3.05) is 11.9 Å². The number of carbonyl (C=O) groups is 1. The number of amides is 1. The molecule has 1 saturated heterocycles. The second-order valence-electron chi connectivity index (χ2n) is 4.07. The van der Waals surface area contributed by atoms with E-state index in [1.165, 1.54) is 0 Å². The van der Waals surface area contributed by atoms with Crippen LogP contribution in [-0.2, 0) is 11.0 Å². The van der Waals surface area contributed by atoms with Crippen molar-refractivity contribution in [2.24, 2.45) is 0 Å². The summed E-state index contributed by atoms with van der Waals surface area (Å²) in [6, 6.07) is 1.34. The second kappa shape index (κ2) is 4.93. The lowest BCUT2D eigenvalue weighted by atomic mass is 10.2. The molecule has 0 aromatic carbocycles. The molecule has 18 heavy (non-hydrogen) atoms. The highest BCUT2D eigenvalue weighted by Crippen LogP contribution is 2.29. The van der Waals surface area contributed by atoms with Crippen molar-refractivity contribution in [1.29, 1.82) is 0 Å². The molecule has 2 heterocycles. The summed E-state index contributed by atoms with van der Waals surface area (Å²) in [7, 11) is 0. The average molecular weight is 259 g/mol. The van der Waals surface area contributed by atoms with Crippen LogP contribution in [0.3, 0.4) is 0 Å². The van der Waals surface area contributed by atoms with E-state index >= 15 is 0 Å². The van der Waals surface area contributed by atoms with Gasteiger partial charge in [-0.1, -0.05) is 0 Å². The first-order chi connectivity index (χ1) is 8.47. The lowest BCUT2D eigenvalue weighted by molar-refractivity contribution is -0.137. The Bertz CT molecular complexity index is 441. The highest BCUT2D eigenvalue weighted by Gasteiger charge is 2.31. The number of aromatic nitrogens is 1. The number of hydrogen-bond donors (Lipinski definition) is 2. The van der Waals surface area contributed by atoms with E-state index in [0.717, 1.165) is 31.3 Å². The van der Waals surface area contributed by atoms with Gasteiger partial charge in [-0.25, -0.2) is 4.98 Å². The van der Waals surface area contributed by atoms with Crippen molar-refractivity contribution in [1.82, 2.24) is 10.3 Å². The van der Waals surface area contributed by atoms with Gasteiger partial charge in [-0.2, -0.15) is 13.2 Å². The minimum atomic E-state index is -4.44. The summed E-state index contributed by atoms with van der Waals surface area (Å²) in [5.41, 5.74) is -0.827. The number of nitrogens with zero attached hydrogens (tertiary/aromatic N) is 1. The molecule has 2 rings (SSSR count). The minimum absolute atomic E-state index is 0.0801. The van der Waals surface area contributed by atoms with Crippen LogP contribution in [0.2, 0.25) is 0 Å². The lowest BCUT2D eigenvalue weighted by Gasteiger charge is -2.12. The number of alkyl halides is 3. The molecule has 7 heteroatoms. The van der Waals surface area contributed by atoms with Crippen LogP contribution < -0.4 is 10.6 Å². The number of halogens is 3. The van der Waals surface area contributed by atoms with E-state index in [1.807, 2.05) is 0 Å². The quantitative estimate of drug-likeness (QED) is 0.851. The van der Waals surface area contributed by atoms with Gasteiger partial charge >= 0.3 is 6.18 Å². The van der Waals surface area contributed by atoms with Gasteiger partial charge in [0.25, 0.3) is 0 Å². The number of carbonyl (C=O) groups excluding carboxylic acids is 1. The molecule has 1 unspecified atom stereocenters. The summed E-state index contributed by atoms with van der Waals surface area (Å²) in [6.45, 7) is 0.744. The van der Waals surface area contributed by atoms with Crippen molar-refractivity contribution in [3.05, 3.63) is 23.9 Å². The van der Waals surface area contributed by atoms with E-state index < -0.39 is 11.7 Å². The van der Waals surface area contributed by atoms with Gasteiger partial charge in [0.1, 0.15) is 5.82 Å². The van der Waals surface area contributed by atoms with E-state index in [1.54, 1.807) is 0 Å². The van der Waals surface area contributed by atoms with Crippen molar-refractivity contribution >= 4 is 11.7 Å². The molecule has 0 aliphatic carbocycles. The van der Waals surface area contributed by atoms with Crippen LogP contribution in [0.4, 0.5) is 19.0 Å². The molecule has 1 aromatic heterocycles. The molecule has 1 aliphatic rings. The van der Waals surface area contributed by atoms with Crippen molar-refractivity contribution in [3.8, 4) is 0 Å². The minimum Gasteiger partial charge on any atom is -0.309 e. The molecule has 4 nitrogen and oxygen atoms in total. The Morgan fingerprint density at radius 2 is 2.28 bits per heavy atom. The van der Waals surface area contributed by atoms with E-state index in [2.05, 4.69) is 15.6 Å². The van der Waals surface area contributed by atoms with Gasteiger partial charge in [-0.3, -0.25) is 4.79 Å². The lowest BCUT2D eigenvalue weighted by Crippen LogP contribution is -2.35. The van der Waals surface area contributed by atoms with Gasteiger partial charge in [0, 0.05) is 6.20 Å². The number of rotatable bonds is 2. The zero-order chi connectivity index (χ0) is 13.2. The monoisotopic (exact) mass is 259 g/mol. The Morgan fingerprint density at radius 1 is 1.50 bits per heavy atom. The standard InChI is InChI=1S/C11H12F3N3O/c12-11(13,14)7-3-5-16-9(6-7)17-10(18)8-2-1-4-15-8/h3,5-6,8,15H,1-2,4H2,(H,16,17,18). The molecule has 0 saturated carbocycles. The number of hydrogen-bond acceptors (Lipinski definition) is 3. The fraction of sp³-hybridized carbons (Fsp3) is 0.455. The maximum Gasteiger partial charge on any atom is 0.416 e. The Hall–Kier alpha value is -1.63. The normalized spacial score (nSPS) is 19.8. The largest absolute Gasteiger partial charge is 0.416 e. The first-order valence-corrected chi connectivity index (χ1v) is 5.54. The first kappa shape index (κ1) is 12.8. The molecule has 0 bridgehead atoms. The summed E-state index contributed by atoms with van der Waals surface area (Å²) >= 11 is 0. The Balaban J connectivity index is 2.07.